The number of rotatable bonds is 9. The first-order chi connectivity index (χ1) is 11.7. The molecule has 0 bridgehead atoms. The number of hydrogen-bond acceptors (Lipinski definition) is 4. The third kappa shape index (κ3) is 5.33. The Morgan fingerprint density at radius 1 is 1.17 bits per heavy atom. The Bertz CT molecular complexity index is 627. The fourth-order valence-electron chi connectivity index (χ4n) is 2.60. The molecule has 0 radical (unpaired) electrons. The highest BCUT2D eigenvalue weighted by molar-refractivity contribution is 5.78. The number of halogens is 1. The maximum Gasteiger partial charge on any atom is 0.236 e. The average molecular weight is 328 g/mol. The zero-order valence-electron chi connectivity index (χ0n) is 13.6. The van der Waals surface area contributed by atoms with Crippen LogP contribution in [-0.4, -0.2) is 41.4 Å². The monoisotopic (exact) mass is 328 g/mol. The van der Waals surface area contributed by atoms with Crippen molar-refractivity contribution in [3.05, 3.63) is 35.6 Å². The predicted octanol–water partition coefficient (Wildman–Crippen LogP) is 2.45. The van der Waals surface area contributed by atoms with Gasteiger partial charge in [0.05, 0.1) is 31.5 Å². The summed E-state index contributed by atoms with van der Waals surface area (Å²) in [6.07, 6.45) is 2.51. The van der Waals surface area contributed by atoms with Crippen LogP contribution in [0.15, 0.2) is 24.3 Å². The Kier molecular flexibility index (Phi) is 6.72. The summed E-state index contributed by atoms with van der Waals surface area (Å²) in [5.74, 6) is -0.370. The summed E-state index contributed by atoms with van der Waals surface area (Å²) >= 11 is 0. The molecule has 5 nitrogen and oxygen atoms in total. The van der Waals surface area contributed by atoms with E-state index >= 15 is 0 Å². The minimum atomic E-state index is -0.263. The molecule has 1 aliphatic carbocycles. The fraction of sp³-hybridized carbons (Fsp3) is 0.500. The molecule has 1 aromatic carbocycles. The molecule has 0 spiro atoms. The van der Waals surface area contributed by atoms with E-state index in [-0.39, 0.29) is 31.1 Å². The molecular weight excluding hydrogens is 307 g/mol. The van der Waals surface area contributed by atoms with E-state index in [0.29, 0.717) is 31.2 Å². The van der Waals surface area contributed by atoms with E-state index < -0.39 is 0 Å². The predicted molar refractivity (Wildman–Crippen MR) is 86.9 cm³/mol. The van der Waals surface area contributed by atoms with Crippen LogP contribution in [0.5, 0.6) is 0 Å². The van der Waals surface area contributed by atoms with Gasteiger partial charge in [0.15, 0.2) is 0 Å². The number of nitrogens with zero attached hydrogens (tertiary/aromatic N) is 4. The van der Waals surface area contributed by atoms with Gasteiger partial charge in [-0.3, -0.25) is 9.69 Å². The van der Waals surface area contributed by atoms with Crippen LogP contribution < -0.4 is 0 Å². The molecule has 0 heterocycles. The summed E-state index contributed by atoms with van der Waals surface area (Å²) < 4.78 is 13.9. The molecular formula is C18H21FN4O. The van der Waals surface area contributed by atoms with Crippen molar-refractivity contribution in [3.63, 3.8) is 0 Å². The Morgan fingerprint density at radius 3 is 2.33 bits per heavy atom. The number of nitriles is 2. The zero-order valence-corrected chi connectivity index (χ0v) is 13.6. The average Bonchev–Trinajstić information content (AvgIpc) is 3.41. The van der Waals surface area contributed by atoms with Crippen molar-refractivity contribution in [1.82, 2.24) is 9.80 Å². The fourth-order valence-corrected chi connectivity index (χ4v) is 2.60. The van der Waals surface area contributed by atoms with E-state index in [1.54, 1.807) is 23.1 Å². The van der Waals surface area contributed by atoms with Crippen molar-refractivity contribution in [3.8, 4) is 12.1 Å². The van der Waals surface area contributed by atoms with Crippen LogP contribution in [-0.2, 0) is 11.3 Å². The maximum absolute atomic E-state index is 13.9. The standard InChI is InChI=1S/C18H21FN4O/c19-17-6-2-1-5-15(17)13-23(16-7-8-16)14-18(24)22(11-3-9-20)12-4-10-21/h1-2,5-6,16H,3-4,7-8,11-14H2. The lowest BCUT2D eigenvalue weighted by Gasteiger charge is -2.26. The van der Waals surface area contributed by atoms with Gasteiger partial charge in [0, 0.05) is 31.2 Å². The van der Waals surface area contributed by atoms with Gasteiger partial charge < -0.3 is 4.90 Å². The Balaban J connectivity index is 2.00. The van der Waals surface area contributed by atoms with Crippen LogP contribution in [0.25, 0.3) is 0 Å². The van der Waals surface area contributed by atoms with E-state index in [1.807, 2.05) is 17.0 Å². The summed E-state index contributed by atoms with van der Waals surface area (Å²) in [5, 5.41) is 17.4. The molecule has 1 saturated carbocycles. The number of amides is 1. The van der Waals surface area contributed by atoms with Gasteiger partial charge in [0.1, 0.15) is 5.82 Å². The van der Waals surface area contributed by atoms with Crippen molar-refractivity contribution in [2.24, 2.45) is 0 Å². The van der Waals surface area contributed by atoms with Crippen molar-refractivity contribution in [2.45, 2.75) is 38.3 Å². The molecule has 126 valence electrons. The molecule has 6 heteroatoms. The second kappa shape index (κ2) is 9.00. The van der Waals surface area contributed by atoms with Gasteiger partial charge in [-0.15, -0.1) is 0 Å². The van der Waals surface area contributed by atoms with Crippen molar-refractivity contribution >= 4 is 5.91 Å². The maximum atomic E-state index is 13.9. The van der Waals surface area contributed by atoms with Crippen molar-refractivity contribution in [1.29, 1.82) is 10.5 Å². The van der Waals surface area contributed by atoms with Crippen LogP contribution >= 0.6 is 0 Å². The highest BCUT2D eigenvalue weighted by Crippen LogP contribution is 2.28. The molecule has 1 amide bonds. The number of carbonyl (C=O) groups excluding carboxylic acids is 1. The summed E-state index contributed by atoms with van der Waals surface area (Å²) in [6.45, 7) is 1.24. The minimum Gasteiger partial charge on any atom is -0.340 e. The van der Waals surface area contributed by atoms with E-state index in [0.717, 1.165) is 12.8 Å². The minimum absolute atomic E-state index is 0.108. The highest BCUT2D eigenvalue weighted by atomic mass is 19.1. The molecule has 0 aromatic heterocycles. The van der Waals surface area contributed by atoms with E-state index in [1.165, 1.54) is 6.07 Å². The van der Waals surface area contributed by atoms with Crippen molar-refractivity contribution < 1.29 is 9.18 Å². The zero-order chi connectivity index (χ0) is 17.4. The molecule has 0 saturated heterocycles. The largest absolute Gasteiger partial charge is 0.340 e. The SMILES string of the molecule is N#CCCN(CCC#N)C(=O)CN(Cc1ccccc1F)C1CC1. The molecule has 0 atom stereocenters. The Hall–Kier alpha value is -2.44. The van der Waals surface area contributed by atoms with E-state index in [2.05, 4.69) is 0 Å². The molecule has 0 unspecified atom stereocenters. The number of hydrogen-bond donors (Lipinski definition) is 0. The summed E-state index contributed by atoms with van der Waals surface area (Å²) in [4.78, 5) is 16.1. The van der Waals surface area contributed by atoms with Crippen LogP contribution in [0.4, 0.5) is 4.39 Å². The molecule has 0 aliphatic heterocycles. The summed E-state index contributed by atoms with van der Waals surface area (Å²) in [7, 11) is 0. The van der Waals surface area contributed by atoms with Gasteiger partial charge in [-0.1, -0.05) is 18.2 Å². The topological polar surface area (TPSA) is 71.1 Å². The molecule has 1 aliphatic rings. The van der Waals surface area contributed by atoms with Crippen molar-refractivity contribution in [2.75, 3.05) is 19.6 Å². The van der Waals surface area contributed by atoms with Crippen LogP contribution in [0.1, 0.15) is 31.2 Å². The van der Waals surface area contributed by atoms with Gasteiger partial charge in [0.2, 0.25) is 5.91 Å². The normalized spacial score (nSPS) is 13.3. The number of carbonyl (C=O) groups is 1. The Labute approximate surface area is 141 Å². The first-order valence-corrected chi connectivity index (χ1v) is 8.15. The molecule has 0 N–H and O–H groups in total. The van der Waals surface area contributed by atoms with Crippen LogP contribution in [0, 0.1) is 28.5 Å². The van der Waals surface area contributed by atoms with Crippen LogP contribution in [0.3, 0.4) is 0 Å². The lowest BCUT2D eigenvalue weighted by molar-refractivity contribution is -0.132. The first kappa shape index (κ1) is 17.9. The molecule has 24 heavy (non-hydrogen) atoms. The second-order valence-corrected chi connectivity index (χ2v) is 5.92. The van der Waals surface area contributed by atoms with E-state index in [9.17, 15) is 9.18 Å². The number of benzene rings is 1. The molecule has 1 aromatic rings. The highest BCUT2D eigenvalue weighted by Gasteiger charge is 2.31. The van der Waals surface area contributed by atoms with Gasteiger partial charge in [-0.2, -0.15) is 10.5 Å². The van der Waals surface area contributed by atoms with Gasteiger partial charge >= 0.3 is 0 Å². The third-order valence-electron chi connectivity index (χ3n) is 4.07. The quantitative estimate of drug-likeness (QED) is 0.698. The lowest BCUT2D eigenvalue weighted by Crippen LogP contribution is -2.42. The van der Waals surface area contributed by atoms with Gasteiger partial charge in [-0.25, -0.2) is 4.39 Å². The van der Waals surface area contributed by atoms with Gasteiger partial charge in [-0.05, 0) is 18.9 Å². The third-order valence-corrected chi connectivity index (χ3v) is 4.07. The lowest BCUT2D eigenvalue weighted by atomic mass is 10.2. The summed E-state index contributed by atoms with van der Waals surface area (Å²) in [5.41, 5.74) is 0.581. The first-order valence-electron chi connectivity index (χ1n) is 8.15. The smallest absolute Gasteiger partial charge is 0.236 e. The Morgan fingerprint density at radius 2 is 1.79 bits per heavy atom. The van der Waals surface area contributed by atoms with Crippen LogP contribution in [0.2, 0.25) is 0 Å². The second-order valence-electron chi connectivity index (χ2n) is 5.92. The van der Waals surface area contributed by atoms with E-state index in [4.69, 9.17) is 10.5 Å². The molecule has 2 rings (SSSR count). The van der Waals surface area contributed by atoms with Gasteiger partial charge in [0.25, 0.3) is 0 Å². The molecule has 1 fully saturated rings. The summed E-state index contributed by atoms with van der Waals surface area (Å²) in [6, 6.07) is 11.0.